The van der Waals surface area contributed by atoms with Crippen molar-refractivity contribution in [3.05, 3.63) is 0 Å². The molecule has 0 aromatic rings. The molecule has 0 saturated heterocycles. The van der Waals surface area contributed by atoms with Crippen molar-refractivity contribution in [2.45, 2.75) is 62.9 Å². The van der Waals surface area contributed by atoms with Crippen molar-refractivity contribution in [3.8, 4) is 0 Å². The van der Waals surface area contributed by atoms with Crippen LogP contribution in [0.4, 0.5) is 0 Å². The number of hydrogen-bond acceptors (Lipinski definition) is 9. The molecule has 4 amide bonds. The topological polar surface area (TPSA) is 260 Å². The van der Waals surface area contributed by atoms with E-state index in [0.717, 1.165) is 0 Å². The standard InChI is InChI=1S/C17H32N6O8/c1-8(25)13(20)16(29)21-9(4-2-3-5-18)14(27)22-10(6-12(19)26)15(28)23-11(7-24)17(30)31/h8-11,13,24-25H,2-7,18,20H2,1H3,(H2,19,26)(H,21,29)(H,22,27)(H,23,28)(H,30,31). The molecule has 12 N–H and O–H groups in total. The molecular formula is C17H32N6O8. The van der Waals surface area contributed by atoms with Crippen molar-refractivity contribution in [1.82, 2.24) is 16.0 Å². The Balaban J connectivity index is 5.43. The van der Waals surface area contributed by atoms with Crippen molar-refractivity contribution < 1.29 is 39.3 Å². The molecule has 0 spiro atoms. The van der Waals surface area contributed by atoms with E-state index in [1.165, 1.54) is 6.92 Å². The summed E-state index contributed by atoms with van der Waals surface area (Å²) in [7, 11) is 0. The minimum Gasteiger partial charge on any atom is -0.480 e. The monoisotopic (exact) mass is 448 g/mol. The van der Waals surface area contributed by atoms with Gasteiger partial charge < -0.3 is 48.5 Å². The predicted molar refractivity (Wildman–Crippen MR) is 107 cm³/mol. The molecule has 0 aromatic carbocycles. The van der Waals surface area contributed by atoms with E-state index in [-0.39, 0.29) is 6.42 Å². The Morgan fingerprint density at radius 1 is 0.903 bits per heavy atom. The van der Waals surface area contributed by atoms with Crippen molar-refractivity contribution in [3.63, 3.8) is 0 Å². The smallest absolute Gasteiger partial charge is 0.328 e. The van der Waals surface area contributed by atoms with Gasteiger partial charge in [0.15, 0.2) is 0 Å². The first-order valence-corrected chi connectivity index (χ1v) is 9.61. The molecule has 0 saturated carbocycles. The summed E-state index contributed by atoms with van der Waals surface area (Å²) in [6.45, 7) is 0.703. The quantitative estimate of drug-likeness (QED) is 0.108. The number of nitrogens with one attached hydrogen (secondary N) is 3. The average molecular weight is 448 g/mol. The van der Waals surface area contributed by atoms with Gasteiger partial charge in [0.25, 0.3) is 0 Å². The first-order chi connectivity index (χ1) is 14.4. The third-order valence-corrected chi connectivity index (χ3v) is 4.24. The first-order valence-electron chi connectivity index (χ1n) is 9.61. The second-order valence-corrected chi connectivity index (χ2v) is 6.93. The number of aliphatic hydroxyl groups is 2. The number of hydrogen-bond donors (Lipinski definition) is 9. The summed E-state index contributed by atoms with van der Waals surface area (Å²) >= 11 is 0. The van der Waals surface area contributed by atoms with Crippen LogP contribution < -0.4 is 33.2 Å². The molecular weight excluding hydrogens is 416 g/mol. The van der Waals surface area contributed by atoms with Gasteiger partial charge in [-0.2, -0.15) is 0 Å². The molecule has 0 fully saturated rings. The number of amides is 4. The van der Waals surface area contributed by atoms with Crippen molar-refractivity contribution >= 4 is 29.6 Å². The van der Waals surface area contributed by atoms with Crippen molar-refractivity contribution in [2.24, 2.45) is 17.2 Å². The zero-order valence-corrected chi connectivity index (χ0v) is 17.2. The second-order valence-electron chi connectivity index (χ2n) is 6.93. The normalized spacial score (nSPS) is 15.6. The molecule has 0 aliphatic carbocycles. The highest BCUT2D eigenvalue weighted by Gasteiger charge is 2.31. The Labute approximate surface area is 178 Å². The molecule has 0 aliphatic rings. The summed E-state index contributed by atoms with van der Waals surface area (Å²) in [6.07, 6.45) is -0.777. The fraction of sp³-hybridized carbons (Fsp3) is 0.706. The number of carbonyl (C=O) groups is 5. The summed E-state index contributed by atoms with van der Waals surface area (Å²) in [5, 5.41) is 34.0. The fourth-order valence-corrected chi connectivity index (χ4v) is 2.39. The minimum absolute atomic E-state index is 0.112. The Bertz CT molecular complexity index is 644. The Morgan fingerprint density at radius 3 is 1.87 bits per heavy atom. The van der Waals surface area contributed by atoms with Gasteiger partial charge in [-0.3, -0.25) is 19.2 Å². The summed E-state index contributed by atoms with van der Waals surface area (Å²) in [6, 6.07) is -5.71. The molecule has 14 heteroatoms. The maximum absolute atomic E-state index is 12.7. The highest BCUT2D eigenvalue weighted by molar-refractivity contribution is 5.96. The van der Waals surface area contributed by atoms with E-state index in [9.17, 15) is 29.1 Å². The molecule has 5 unspecified atom stereocenters. The van der Waals surface area contributed by atoms with Crippen LogP contribution in [0.2, 0.25) is 0 Å². The number of carboxylic acids is 1. The van der Waals surface area contributed by atoms with E-state index >= 15 is 0 Å². The summed E-state index contributed by atoms with van der Waals surface area (Å²) in [5.74, 6) is -5.23. The van der Waals surface area contributed by atoms with Crippen LogP contribution in [-0.2, 0) is 24.0 Å². The zero-order chi connectivity index (χ0) is 24.1. The van der Waals surface area contributed by atoms with Gasteiger partial charge in [0.1, 0.15) is 24.2 Å². The van der Waals surface area contributed by atoms with Crippen LogP contribution in [0.25, 0.3) is 0 Å². The van der Waals surface area contributed by atoms with Crippen LogP contribution in [0.5, 0.6) is 0 Å². The van der Waals surface area contributed by atoms with E-state index < -0.39 is 72.9 Å². The number of nitrogens with two attached hydrogens (primary N) is 3. The molecule has 14 nitrogen and oxygen atoms in total. The lowest BCUT2D eigenvalue weighted by Crippen LogP contribution is -2.58. The predicted octanol–water partition coefficient (Wildman–Crippen LogP) is -4.77. The third-order valence-electron chi connectivity index (χ3n) is 4.24. The van der Waals surface area contributed by atoms with Gasteiger partial charge in [-0.25, -0.2) is 4.79 Å². The number of aliphatic hydroxyl groups excluding tert-OH is 2. The molecule has 0 aromatic heterocycles. The molecule has 0 rings (SSSR count). The highest BCUT2D eigenvalue weighted by Crippen LogP contribution is 2.04. The zero-order valence-electron chi connectivity index (χ0n) is 17.2. The van der Waals surface area contributed by atoms with Crippen molar-refractivity contribution in [1.29, 1.82) is 0 Å². The molecule has 0 bridgehead atoms. The average Bonchev–Trinajstić information content (AvgIpc) is 2.68. The molecule has 178 valence electrons. The van der Waals surface area contributed by atoms with Crippen LogP contribution in [0.3, 0.4) is 0 Å². The summed E-state index contributed by atoms with van der Waals surface area (Å²) in [4.78, 5) is 59.4. The van der Waals surface area contributed by atoms with E-state index in [4.69, 9.17) is 27.4 Å². The van der Waals surface area contributed by atoms with Gasteiger partial charge >= 0.3 is 5.97 Å². The Morgan fingerprint density at radius 2 is 1.42 bits per heavy atom. The lowest BCUT2D eigenvalue weighted by molar-refractivity contribution is -0.143. The van der Waals surface area contributed by atoms with E-state index in [1.807, 2.05) is 5.32 Å². The number of rotatable bonds is 15. The lowest BCUT2D eigenvalue weighted by atomic mass is 10.1. The molecule has 31 heavy (non-hydrogen) atoms. The van der Waals surface area contributed by atoms with Crippen LogP contribution >= 0.6 is 0 Å². The molecule has 0 heterocycles. The van der Waals surface area contributed by atoms with Gasteiger partial charge in [-0.05, 0) is 32.7 Å². The van der Waals surface area contributed by atoms with Crippen LogP contribution in [0, 0.1) is 0 Å². The van der Waals surface area contributed by atoms with E-state index in [2.05, 4.69) is 10.6 Å². The number of carbonyl (C=O) groups excluding carboxylic acids is 4. The second kappa shape index (κ2) is 14.2. The minimum atomic E-state index is -1.66. The highest BCUT2D eigenvalue weighted by atomic mass is 16.4. The largest absolute Gasteiger partial charge is 0.480 e. The van der Waals surface area contributed by atoms with Gasteiger partial charge in [0, 0.05) is 0 Å². The number of unbranched alkanes of at least 4 members (excludes halogenated alkanes) is 1. The number of primary amides is 1. The van der Waals surface area contributed by atoms with Crippen LogP contribution in [0.15, 0.2) is 0 Å². The van der Waals surface area contributed by atoms with Crippen molar-refractivity contribution in [2.75, 3.05) is 13.2 Å². The van der Waals surface area contributed by atoms with Gasteiger partial charge in [-0.1, -0.05) is 0 Å². The Hall–Kier alpha value is -2.81. The maximum atomic E-state index is 12.7. The first kappa shape index (κ1) is 28.2. The van der Waals surface area contributed by atoms with Gasteiger partial charge in [-0.15, -0.1) is 0 Å². The van der Waals surface area contributed by atoms with Crippen LogP contribution in [-0.4, -0.2) is 88.3 Å². The van der Waals surface area contributed by atoms with Crippen LogP contribution in [0.1, 0.15) is 32.6 Å². The summed E-state index contributed by atoms with van der Waals surface area (Å²) < 4.78 is 0. The van der Waals surface area contributed by atoms with E-state index in [0.29, 0.717) is 19.4 Å². The summed E-state index contributed by atoms with van der Waals surface area (Å²) in [5.41, 5.74) is 16.1. The Kier molecular flexibility index (Phi) is 12.9. The lowest BCUT2D eigenvalue weighted by Gasteiger charge is -2.25. The third kappa shape index (κ3) is 10.7. The van der Waals surface area contributed by atoms with E-state index in [1.54, 1.807) is 0 Å². The molecule has 0 aliphatic heterocycles. The van der Waals surface area contributed by atoms with Gasteiger partial charge in [0.2, 0.25) is 23.6 Å². The SMILES string of the molecule is CC(O)C(N)C(=O)NC(CCCCN)C(=O)NC(CC(N)=O)C(=O)NC(CO)C(=O)O. The fourth-order valence-electron chi connectivity index (χ4n) is 2.39. The molecule has 5 atom stereocenters. The maximum Gasteiger partial charge on any atom is 0.328 e. The number of carboxylic acid groups (broad SMARTS) is 1. The number of aliphatic carboxylic acids is 1. The molecule has 0 radical (unpaired) electrons. The van der Waals surface area contributed by atoms with Gasteiger partial charge in [0.05, 0.1) is 19.1 Å².